The van der Waals surface area contributed by atoms with E-state index < -0.39 is 0 Å². The third-order valence-corrected chi connectivity index (χ3v) is 7.51. The molecule has 1 aliphatic heterocycles. The van der Waals surface area contributed by atoms with Crippen LogP contribution in [-0.4, -0.2) is 22.7 Å². The molecule has 3 unspecified atom stereocenters. The number of carbonyl (C=O) groups excluding carboxylic acids is 1. The van der Waals surface area contributed by atoms with Crippen molar-refractivity contribution in [2.24, 2.45) is 28.6 Å². The van der Waals surface area contributed by atoms with Crippen LogP contribution in [0.25, 0.3) is 0 Å². The molecule has 0 aromatic rings. The van der Waals surface area contributed by atoms with Gasteiger partial charge in [0.1, 0.15) is 0 Å². The zero-order chi connectivity index (χ0) is 18.0. The first-order valence-corrected chi connectivity index (χ1v) is 9.63. The monoisotopic (exact) mass is 322 g/mol. The molecule has 2 nitrogen and oxygen atoms in total. The molecule has 3 atom stereocenters. The minimum atomic E-state index is 0.131. The van der Waals surface area contributed by atoms with Gasteiger partial charge in [-0.2, -0.15) is 4.58 Å². The Balaban J connectivity index is 2.95. The second kappa shape index (κ2) is 7.49. The topological polar surface area (TPSA) is 20.1 Å². The molecule has 2 heteroatoms. The van der Waals surface area contributed by atoms with Gasteiger partial charge >= 0.3 is 5.91 Å². The Morgan fingerprint density at radius 2 is 1.78 bits per heavy atom. The van der Waals surface area contributed by atoms with E-state index in [1.54, 1.807) is 0 Å². The van der Waals surface area contributed by atoms with Crippen molar-refractivity contribution >= 4 is 11.6 Å². The molecule has 1 heterocycles. The highest BCUT2D eigenvalue weighted by Gasteiger charge is 2.45. The van der Waals surface area contributed by atoms with E-state index in [-0.39, 0.29) is 5.92 Å². The van der Waals surface area contributed by atoms with Gasteiger partial charge in [0, 0.05) is 19.8 Å². The standard InChI is InChI=1S/C21H40NO/c1-10-15(3)17(5)19(23)22-13-12-18(14-16(22)4)21(8,9)20(6,7)11-2/h15,17-18H,10-14H2,1-9H3/q+1. The first-order chi connectivity index (χ1) is 10.5. The summed E-state index contributed by atoms with van der Waals surface area (Å²) in [4.78, 5) is 12.8. The second-order valence-corrected chi connectivity index (χ2v) is 9.05. The third kappa shape index (κ3) is 4.06. The van der Waals surface area contributed by atoms with Crippen molar-refractivity contribution in [3.8, 4) is 0 Å². The van der Waals surface area contributed by atoms with Crippen molar-refractivity contribution in [3.05, 3.63) is 0 Å². The molecule has 1 rings (SSSR count). The lowest BCUT2D eigenvalue weighted by Gasteiger charge is -2.47. The van der Waals surface area contributed by atoms with Gasteiger partial charge < -0.3 is 0 Å². The zero-order valence-electron chi connectivity index (χ0n) is 17.1. The molecular weight excluding hydrogens is 282 g/mol. The van der Waals surface area contributed by atoms with Gasteiger partial charge in [-0.05, 0) is 29.6 Å². The Hall–Kier alpha value is -0.660. The first-order valence-electron chi connectivity index (χ1n) is 9.63. The molecule has 0 aliphatic carbocycles. The smallest absolute Gasteiger partial charge is 0.219 e. The fraction of sp³-hybridized carbons (Fsp3) is 0.905. The summed E-state index contributed by atoms with van der Waals surface area (Å²) in [5, 5.41) is 0. The molecule has 0 saturated heterocycles. The summed E-state index contributed by atoms with van der Waals surface area (Å²) < 4.78 is 2.09. The van der Waals surface area contributed by atoms with Gasteiger partial charge in [-0.15, -0.1) is 0 Å². The number of amides is 1. The molecule has 134 valence electrons. The van der Waals surface area contributed by atoms with E-state index >= 15 is 0 Å². The Bertz CT molecular complexity index is 458. The van der Waals surface area contributed by atoms with E-state index in [0.29, 0.717) is 28.6 Å². The number of rotatable bonds is 6. The van der Waals surface area contributed by atoms with Crippen LogP contribution in [0.5, 0.6) is 0 Å². The quantitative estimate of drug-likeness (QED) is 0.588. The molecule has 0 N–H and O–H groups in total. The van der Waals surface area contributed by atoms with Gasteiger partial charge in [0.05, 0.1) is 5.92 Å². The summed E-state index contributed by atoms with van der Waals surface area (Å²) in [7, 11) is 0. The van der Waals surface area contributed by atoms with Crippen molar-refractivity contribution in [1.82, 2.24) is 0 Å². The van der Waals surface area contributed by atoms with E-state index in [0.717, 1.165) is 25.8 Å². The Kier molecular flexibility index (Phi) is 6.64. The maximum Gasteiger partial charge on any atom is 0.389 e. The molecule has 1 aliphatic rings. The summed E-state index contributed by atoms with van der Waals surface area (Å²) in [5.41, 5.74) is 1.90. The highest BCUT2D eigenvalue weighted by Crippen LogP contribution is 2.49. The molecular formula is C21H40NO+. The maximum atomic E-state index is 12.8. The molecule has 0 aromatic heterocycles. The van der Waals surface area contributed by atoms with Crippen molar-refractivity contribution in [1.29, 1.82) is 0 Å². The van der Waals surface area contributed by atoms with E-state index in [4.69, 9.17) is 0 Å². The molecule has 0 fully saturated rings. The van der Waals surface area contributed by atoms with Crippen LogP contribution in [-0.2, 0) is 4.79 Å². The molecule has 0 saturated carbocycles. The summed E-state index contributed by atoms with van der Waals surface area (Å²) in [6.07, 6.45) is 4.46. The van der Waals surface area contributed by atoms with Crippen LogP contribution in [0.2, 0.25) is 0 Å². The summed E-state index contributed by atoms with van der Waals surface area (Å²) >= 11 is 0. The van der Waals surface area contributed by atoms with Crippen LogP contribution in [0.3, 0.4) is 0 Å². The normalized spacial score (nSPS) is 22.9. The third-order valence-electron chi connectivity index (χ3n) is 7.51. The second-order valence-electron chi connectivity index (χ2n) is 9.05. The van der Waals surface area contributed by atoms with Crippen molar-refractivity contribution < 1.29 is 9.37 Å². The lowest BCUT2D eigenvalue weighted by molar-refractivity contribution is -0.463. The van der Waals surface area contributed by atoms with Crippen molar-refractivity contribution in [2.75, 3.05) is 6.54 Å². The van der Waals surface area contributed by atoms with Gasteiger partial charge in [0.15, 0.2) is 12.3 Å². The minimum Gasteiger partial charge on any atom is -0.219 e. The van der Waals surface area contributed by atoms with Crippen LogP contribution in [0.15, 0.2) is 0 Å². The fourth-order valence-electron chi connectivity index (χ4n) is 3.81. The number of carbonyl (C=O) groups is 1. The van der Waals surface area contributed by atoms with E-state index in [2.05, 4.69) is 66.9 Å². The van der Waals surface area contributed by atoms with Gasteiger partial charge in [0.25, 0.3) is 0 Å². The molecule has 0 radical (unpaired) electrons. The molecule has 23 heavy (non-hydrogen) atoms. The van der Waals surface area contributed by atoms with Gasteiger partial charge in [-0.25, -0.2) is 4.79 Å². The summed E-state index contributed by atoms with van der Waals surface area (Å²) in [5.74, 6) is 1.60. The maximum absolute atomic E-state index is 12.8. The van der Waals surface area contributed by atoms with Gasteiger partial charge in [0.2, 0.25) is 0 Å². The summed E-state index contributed by atoms with van der Waals surface area (Å²) in [6, 6.07) is 0. The average molecular weight is 323 g/mol. The van der Waals surface area contributed by atoms with Crippen LogP contribution in [0, 0.1) is 28.6 Å². The van der Waals surface area contributed by atoms with E-state index in [1.807, 2.05) is 0 Å². The largest absolute Gasteiger partial charge is 0.389 e. The van der Waals surface area contributed by atoms with Gasteiger partial charge in [-0.3, -0.25) is 0 Å². The molecule has 0 spiro atoms. The average Bonchev–Trinajstić information content (AvgIpc) is 2.52. The lowest BCUT2D eigenvalue weighted by Crippen LogP contribution is -2.45. The van der Waals surface area contributed by atoms with Crippen molar-refractivity contribution in [3.63, 3.8) is 0 Å². The Morgan fingerprint density at radius 3 is 2.22 bits per heavy atom. The Labute approximate surface area is 144 Å². The van der Waals surface area contributed by atoms with Crippen LogP contribution < -0.4 is 0 Å². The highest BCUT2D eigenvalue weighted by molar-refractivity contribution is 5.85. The fourth-order valence-corrected chi connectivity index (χ4v) is 3.81. The van der Waals surface area contributed by atoms with Crippen LogP contribution >= 0.6 is 0 Å². The molecule has 0 aromatic carbocycles. The number of hydrogen-bond donors (Lipinski definition) is 0. The SMILES string of the molecule is CCC(C)C(C)C(=O)[N+]1=C(C)CC(C(C)(C)C(C)(C)CC)CC1. The summed E-state index contributed by atoms with van der Waals surface area (Å²) in [6.45, 7) is 21.5. The Morgan fingerprint density at radius 1 is 1.22 bits per heavy atom. The molecule has 1 amide bonds. The molecule has 0 bridgehead atoms. The van der Waals surface area contributed by atoms with Gasteiger partial charge in [-0.1, -0.05) is 61.3 Å². The van der Waals surface area contributed by atoms with Crippen LogP contribution in [0.4, 0.5) is 0 Å². The highest BCUT2D eigenvalue weighted by atomic mass is 16.2. The van der Waals surface area contributed by atoms with E-state index in [9.17, 15) is 4.79 Å². The number of nitrogens with zero attached hydrogens (tertiary/aromatic N) is 1. The lowest BCUT2D eigenvalue weighted by atomic mass is 9.58. The minimum absolute atomic E-state index is 0.131. The van der Waals surface area contributed by atoms with E-state index in [1.165, 1.54) is 12.1 Å². The van der Waals surface area contributed by atoms with Crippen molar-refractivity contribution in [2.45, 2.75) is 88.0 Å². The first kappa shape index (κ1) is 20.4. The number of hydrogen-bond acceptors (Lipinski definition) is 1. The predicted molar refractivity (Wildman–Crippen MR) is 100 cm³/mol. The predicted octanol–water partition coefficient (Wildman–Crippen LogP) is 5.54. The van der Waals surface area contributed by atoms with Crippen LogP contribution in [0.1, 0.15) is 88.0 Å². The zero-order valence-corrected chi connectivity index (χ0v) is 17.1.